The van der Waals surface area contributed by atoms with Gasteiger partial charge in [0, 0.05) is 30.0 Å². The number of benzene rings is 1. The zero-order valence-electron chi connectivity index (χ0n) is 16.3. The van der Waals surface area contributed by atoms with E-state index in [0.29, 0.717) is 27.4 Å². The van der Waals surface area contributed by atoms with Gasteiger partial charge in [0.1, 0.15) is 11.4 Å². The lowest BCUT2D eigenvalue weighted by Crippen LogP contribution is -2.26. The SMILES string of the molecule is Cc1cc(C(F)(F)F)nn1CCCNC(=O)c1ccn(COc2ccc(Cl)cc2Br)n1. The van der Waals surface area contributed by atoms with Crippen molar-refractivity contribution in [2.24, 2.45) is 0 Å². The van der Waals surface area contributed by atoms with Gasteiger partial charge in [-0.25, -0.2) is 4.68 Å². The fourth-order valence-electron chi connectivity index (χ4n) is 2.68. The maximum atomic E-state index is 12.7. The van der Waals surface area contributed by atoms with Crippen LogP contribution in [0.5, 0.6) is 5.75 Å². The van der Waals surface area contributed by atoms with E-state index in [-0.39, 0.29) is 31.4 Å². The Hall–Kier alpha value is -2.53. The number of carbonyl (C=O) groups excluding carboxylic acids is 1. The smallest absolute Gasteiger partial charge is 0.435 e. The van der Waals surface area contributed by atoms with Gasteiger partial charge >= 0.3 is 6.18 Å². The first kappa shape index (κ1) is 23.1. The van der Waals surface area contributed by atoms with Crippen molar-refractivity contribution in [3.05, 3.63) is 63.1 Å². The van der Waals surface area contributed by atoms with Crippen LogP contribution in [0.4, 0.5) is 13.2 Å². The van der Waals surface area contributed by atoms with Gasteiger partial charge in [0.15, 0.2) is 12.4 Å². The molecule has 166 valence electrons. The Morgan fingerprint density at radius 3 is 2.71 bits per heavy atom. The minimum Gasteiger partial charge on any atom is -0.470 e. The standard InChI is InChI=1S/C19H18BrClF3N5O2/c1-12-9-17(19(22,23)24)27-29(12)7-2-6-25-18(30)15-5-8-28(26-15)11-31-16-4-3-13(21)10-14(16)20/h3-5,8-10H,2,6-7,11H2,1H3,(H,25,30). The van der Waals surface area contributed by atoms with Crippen LogP contribution >= 0.6 is 27.5 Å². The van der Waals surface area contributed by atoms with E-state index in [4.69, 9.17) is 16.3 Å². The fraction of sp³-hybridized carbons (Fsp3) is 0.316. The molecule has 0 aliphatic carbocycles. The van der Waals surface area contributed by atoms with Gasteiger partial charge < -0.3 is 10.1 Å². The summed E-state index contributed by atoms with van der Waals surface area (Å²) in [7, 11) is 0. The second-order valence-electron chi connectivity index (χ2n) is 6.59. The van der Waals surface area contributed by atoms with Gasteiger partial charge in [-0.2, -0.15) is 23.4 Å². The maximum absolute atomic E-state index is 12.7. The van der Waals surface area contributed by atoms with E-state index in [2.05, 4.69) is 31.4 Å². The number of halogens is 5. The number of rotatable bonds is 8. The number of aryl methyl sites for hydroxylation is 2. The number of alkyl halides is 3. The van der Waals surface area contributed by atoms with E-state index in [1.165, 1.54) is 9.36 Å². The third kappa shape index (κ3) is 6.23. The van der Waals surface area contributed by atoms with Crippen molar-refractivity contribution < 1.29 is 22.7 Å². The summed E-state index contributed by atoms with van der Waals surface area (Å²) in [6, 6.07) is 7.65. The first-order chi connectivity index (χ1) is 14.6. The fourth-order valence-corrected chi connectivity index (χ4v) is 3.48. The molecule has 0 aliphatic rings. The van der Waals surface area contributed by atoms with E-state index >= 15 is 0 Å². The Balaban J connectivity index is 1.45. The first-order valence-corrected chi connectivity index (χ1v) is 10.3. The number of carbonyl (C=O) groups is 1. The van der Waals surface area contributed by atoms with Gasteiger partial charge in [-0.3, -0.25) is 9.48 Å². The molecular formula is C19H18BrClF3N5O2. The monoisotopic (exact) mass is 519 g/mol. The summed E-state index contributed by atoms with van der Waals surface area (Å²) in [4.78, 5) is 12.2. The molecule has 3 rings (SSSR count). The molecule has 0 fully saturated rings. The van der Waals surface area contributed by atoms with E-state index in [0.717, 1.165) is 6.07 Å². The van der Waals surface area contributed by atoms with Crippen LogP contribution in [0.15, 0.2) is 41.0 Å². The molecular weight excluding hydrogens is 503 g/mol. The van der Waals surface area contributed by atoms with Crippen molar-refractivity contribution in [1.82, 2.24) is 24.9 Å². The largest absolute Gasteiger partial charge is 0.470 e. The van der Waals surface area contributed by atoms with Gasteiger partial charge in [0.2, 0.25) is 0 Å². The minimum absolute atomic E-state index is 0.0909. The number of hydrogen-bond donors (Lipinski definition) is 1. The van der Waals surface area contributed by atoms with Crippen LogP contribution in [-0.2, 0) is 19.5 Å². The van der Waals surface area contributed by atoms with E-state index < -0.39 is 11.9 Å². The molecule has 0 spiro atoms. The summed E-state index contributed by atoms with van der Waals surface area (Å²) in [6.45, 7) is 2.16. The second kappa shape index (κ2) is 9.73. The number of amides is 1. The molecule has 31 heavy (non-hydrogen) atoms. The summed E-state index contributed by atoms with van der Waals surface area (Å²) in [5.41, 5.74) is -0.314. The molecule has 2 heterocycles. The van der Waals surface area contributed by atoms with Gasteiger partial charge in [-0.15, -0.1) is 0 Å². The average Bonchev–Trinajstić information content (AvgIpc) is 3.31. The van der Waals surface area contributed by atoms with Crippen LogP contribution in [0.3, 0.4) is 0 Å². The van der Waals surface area contributed by atoms with Crippen LogP contribution in [-0.4, -0.2) is 32.0 Å². The molecule has 0 atom stereocenters. The maximum Gasteiger partial charge on any atom is 0.435 e. The van der Waals surface area contributed by atoms with Gasteiger partial charge in [0.25, 0.3) is 5.91 Å². The lowest BCUT2D eigenvalue weighted by molar-refractivity contribution is -0.141. The summed E-state index contributed by atoms with van der Waals surface area (Å²) >= 11 is 9.24. The molecule has 2 aromatic heterocycles. The summed E-state index contributed by atoms with van der Waals surface area (Å²) in [5.74, 6) is 0.188. The van der Waals surface area contributed by atoms with E-state index in [9.17, 15) is 18.0 Å². The Bertz CT molecular complexity index is 1070. The van der Waals surface area contributed by atoms with E-state index in [1.54, 1.807) is 37.4 Å². The molecule has 1 amide bonds. The van der Waals surface area contributed by atoms with Crippen LogP contribution in [0.2, 0.25) is 5.02 Å². The molecule has 7 nitrogen and oxygen atoms in total. The summed E-state index contributed by atoms with van der Waals surface area (Å²) < 4.78 is 47.1. The van der Waals surface area contributed by atoms with Crippen molar-refractivity contribution in [1.29, 1.82) is 0 Å². The number of nitrogens with zero attached hydrogens (tertiary/aromatic N) is 4. The molecule has 1 aromatic carbocycles. The molecule has 12 heteroatoms. The summed E-state index contributed by atoms with van der Waals surface area (Å²) in [5, 5.41) is 11.0. The third-order valence-corrected chi connectivity index (χ3v) is 5.08. The zero-order chi connectivity index (χ0) is 22.6. The molecule has 1 N–H and O–H groups in total. The van der Waals surface area contributed by atoms with Gasteiger partial charge in [0.05, 0.1) is 4.47 Å². The Labute approximate surface area is 189 Å². The predicted octanol–water partition coefficient (Wildman–Crippen LogP) is 4.68. The first-order valence-electron chi connectivity index (χ1n) is 9.14. The third-order valence-electron chi connectivity index (χ3n) is 4.22. The molecule has 0 radical (unpaired) electrons. The highest BCUT2D eigenvalue weighted by atomic mass is 79.9. The topological polar surface area (TPSA) is 74.0 Å². The highest BCUT2D eigenvalue weighted by Gasteiger charge is 2.34. The Kier molecular flexibility index (Phi) is 7.26. The van der Waals surface area contributed by atoms with Crippen molar-refractivity contribution in [3.8, 4) is 5.75 Å². The quantitative estimate of drug-likeness (QED) is 0.438. The molecule has 0 unspecified atom stereocenters. The summed E-state index contributed by atoms with van der Waals surface area (Å²) in [6.07, 6.45) is -2.46. The lowest BCUT2D eigenvalue weighted by Gasteiger charge is -2.08. The number of nitrogens with one attached hydrogen (secondary N) is 1. The molecule has 0 aliphatic heterocycles. The molecule has 3 aromatic rings. The van der Waals surface area contributed by atoms with Crippen LogP contribution in [0, 0.1) is 6.92 Å². The molecule has 0 saturated carbocycles. The molecule has 0 bridgehead atoms. The van der Waals surface area contributed by atoms with E-state index in [1.807, 2.05) is 0 Å². The van der Waals surface area contributed by atoms with Crippen LogP contribution in [0.1, 0.15) is 28.3 Å². The van der Waals surface area contributed by atoms with Crippen molar-refractivity contribution in [3.63, 3.8) is 0 Å². The molecule has 0 saturated heterocycles. The average molecular weight is 521 g/mol. The van der Waals surface area contributed by atoms with Gasteiger partial charge in [-0.1, -0.05) is 11.6 Å². The van der Waals surface area contributed by atoms with Gasteiger partial charge in [-0.05, 0) is 59.6 Å². The lowest BCUT2D eigenvalue weighted by atomic mass is 10.3. The highest BCUT2D eigenvalue weighted by molar-refractivity contribution is 9.10. The van der Waals surface area contributed by atoms with Crippen LogP contribution in [0.25, 0.3) is 0 Å². The predicted molar refractivity (Wildman–Crippen MR) is 111 cm³/mol. The highest BCUT2D eigenvalue weighted by Crippen LogP contribution is 2.29. The number of ether oxygens (including phenoxy) is 1. The van der Waals surface area contributed by atoms with Crippen molar-refractivity contribution in [2.75, 3.05) is 6.54 Å². The zero-order valence-corrected chi connectivity index (χ0v) is 18.6. The van der Waals surface area contributed by atoms with Crippen molar-refractivity contribution in [2.45, 2.75) is 32.8 Å². The minimum atomic E-state index is -4.48. The van der Waals surface area contributed by atoms with Crippen LogP contribution < -0.4 is 10.1 Å². The Morgan fingerprint density at radius 1 is 1.26 bits per heavy atom. The number of aromatic nitrogens is 4. The Morgan fingerprint density at radius 2 is 2.03 bits per heavy atom. The normalized spacial score (nSPS) is 11.5. The number of hydrogen-bond acceptors (Lipinski definition) is 4. The second-order valence-corrected chi connectivity index (χ2v) is 7.88. The van der Waals surface area contributed by atoms with Crippen molar-refractivity contribution >= 4 is 33.4 Å².